The first-order valence-corrected chi connectivity index (χ1v) is 14.0. The lowest BCUT2D eigenvalue weighted by Gasteiger charge is -2.37. The molecule has 36 heavy (non-hydrogen) atoms. The number of hydrogen-bond donors (Lipinski definition) is 1. The molecule has 1 aliphatic carbocycles. The fourth-order valence-corrected chi connectivity index (χ4v) is 5.54. The van der Waals surface area contributed by atoms with Crippen LogP contribution in [0.4, 0.5) is 0 Å². The van der Waals surface area contributed by atoms with Gasteiger partial charge >= 0.3 is 5.97 Å². The third-order valence-corrected chi connectivity index (χ3v) is 8.09. The van der Waals surface area contributed by atoms with Gasteiger partial charge in [0.05, 0.1) is 0 Å². The van der Waals surface area contributed by atoms with Crippen LogP contribution in [0.1, 0.15) is 115 Å². The molecule has 0 radical (unpaired) electrons. The Hall–Kier alpha value is -2.49. The van der Waals surface area contributed by atoms with Crippen molar-refractivity contribution in [1.82, 2.24) is 0 Å². The van der Waals surface area contributed by atoms with Crippen molar-refractivity contribution in [3.8, 4) is 11.5 Å². The molecule has 1 fully saturated rings. The second kappa shape index (κ2) is 13.2. The van der Waals surface area contributed by atoms with Gasteiger partial charge in [0.1, 0.15) is 17.1 Å². The Kier molecular flexibility index (Phi) is 10.3. The van der Waals surface area contributed by atoms with Crippen LogP contribution < -0.4 is 4.74 Å². The van der Waals surface area contributed by atoms with Crippen molar-refractivity contribution in [2.75, 3.05) is 0 Å². The zero-order valence-corrected chi connectivity index (χ0v) is 23.0. The summed E-state index contributed by atoms with van der Waals surface area (Å²) in [5, 5.41) is 9.54. The van der Waals surface area contributed by atoms with E-state index in [-0.39, 0.29) is 5.97 Å². The highest BCUT2D eigenvalue weighted by Gasteiger charge is 2.35. The van der Waals surface area contributed by atoms with Gasteiger partial charge in [0.15, 0.2) is 6.10 Å². The van der Waals surface area contributed by atoms with Gasteiger partial charge in [-0.05, 0) is 106 Å². The maximum Gasteiger partial charge on any atom is 0.347 e. The minimum Gasteiger partial charge on any atom is -0.508 e. The third kappa shape index (κ3) is 8.01. The Morgan fingerprint density at radius 2 is 1.56 bits per heavy atom. The summed E-state index contributed by atoms with van der Waals surface area (Å²) in [5.74, 6) is 2.14. The first-order chi connectivity index (χ1) is 17.2. The number of carbonyl (C=O) groups excluding carboxylic acids is 1. The summed E-state index contributed by atoms with van der Waals surface area (Å²) >= 11 is 0. The van der Waals surface area contributed by atoms with Crippen LogP contribution >= 0.6 is 0 Å². The molecule has 2 aromatic carbocycles. The monoisotopic (exact) mass is 494 g/mol. The van der Waals surface area contributed by atoms with Gasteiger partial charge in [0.25, 0.3) is 0 Å². The first kappa shape index (κ1) is 28.1. The third-order valence-electron chi connectivity index (χ3n) is 8.09. The summed E-state index contributed by atoms with van der Waals surface area (Å²) in [6.45, 7) is 10.3. The van der Waals surface area contributed by atoms with Crippen molar-refractivity contribution >= 4 is 5.97 Å². The minimum absolute atomic E-state index is 0.290. The van der Waals surface area contributed by atoms with Crippen molar-refractivity contribution in [3.05, 3.63) is 59.7 Å². The van der Waals surface area contributed by atoms with Gasteiger partial charge in [0, 0.05) is 0 Å². The van der Waals surface area contributed by atoms with Crippen LogP contribution in [0, 0.1) is 5.92 Å². The summed E-state index contributed by atoms with van der Waals surface area (Å²) in [7, 11) is 0. The number of aromatic hydroxyl groups is 1. The van der Waals surface area contributed by atoms with Gasteiger partial charge in [0.2, 0.25) is 0 Å². The van der Waals surface area contributed by atoms with E-state index < -0.39 is 11.7 Å². The van der Waals surface area contributed by atoms with Crippen molar-refractivity contribution in [2.45, 2.75) is 116 Å². The number of esters is 1. The largest absolute Gasteiger partial charge is 0.508 e. The van der Waals surface area contributed by atoms with Crippen molar-refractivity contribution in [3.63, 3.8) is 0 Å². The molecule has 0 aromatic heterocycles. The molecule has 1 aliphatic rings. The molecular formula is C32H46O4. The topological polar surface area (TPSA) is 55.8 Å². The quantitative estimate of drug-likeness (QED) is 0.300. The molecule has 3 rings (SSSR count). The Labute approximate surface area is 218 Å². The van der Waals surface area contributed by atoms with Gasteiger partial charge in [-0.2, -0.15) is 0 Å². The SMILES string of the molecule is CCC(CCCC(C)c1ccc(OC(C)C(=O)OC(C)(C)C2CCCCC2)cc1)c1ccc(O)cc1. The lowest BCUT2D eigenvalue weighted by molar-refractivity contribution is -0.170. The summed E-state index contributed by atoms with van der Waals surface area (Å²) in [5.41, 5.74) is 2.14. The minimum atomic E-state index is -0.637. The van der Waals surface area contributed by atoms with Crippen LogP contribution in [0.3, 0.4) is 0 Å². The summed E-state index contributed by atoms with van der Waals surface area (Å²) in [4.78, 5) is 12.7. The maximum absolute atomic E-state index is 12.7. The highest BCUT2D eigenvalue weighted by molar-refractivity contribution is 5.75. The number of ether oxygens (including phenoxy) is 2. The molecule has 0 spiro atoms. The smallest absolute Gasteiger partial charge is 0.347 e. The van der Waals surface area contributed by atoms with Crippen molar-refractivity contribution in [2.24, 2.45) is 5.92 Å². The highest BCUT2D eigenvalue weighted by Crippen LogP contribution is 2.35. The van der Waals surface area contributed by atoms with Crippen LogP contribution in [-0.2, 0) is 9.53 Å². The number of carbonyl (C=O) groups is 1. The molecule has 0 heterocycles. The molecule has 1 saturated carbocycles. The Bertz CT molecular complexity index is 926. The molecule has 198 valence electrons. The van der Waals surface area contributed by atoms with E-state index in [0.29, 0.717) is 29.3 Å². The molecule has 4 nitrogen and oxygen atoms in total. The first-order valence-electron chi connectivity index (χ1n) is 14.0. The van der Waals surface area contributed by atoms with E-state index in [2.05, 4.69) is 26.0 Å². The average molecular weight is 495 g/mol. The zero-order chi connectivity index (χ0) is 26.1. The highest BCUT2D eigenvalue weighted by atomic mass is 16.6. The standard InChI is InChI=1S/C32H46O4/c1-6-25(27-15-19-29(33)20-16-27)12-10-11-23(2)26-17-21-30(22-18-26)35-24(3)31(34)36-32(4,5)28-13-8-7-9-14-28/h15-25,28,33H,6-14H2,1-5H3. The van der Waals surface area contributed by atoms with Gasteiger partial charge in [-0.1, -0.05) is 63.8 Å². The van der Waals surface area contributed by atoms with Crippen LogP contribution in [0.5, 0.6) is 11.5 Å². The lowest BCUT2D eigenvalue weighted by atomic mass is 9.79. The number of hydrogen-bond acceptors (Lipinski definition) is 4. The molecule has 4 heteroatoms. The fraction of sp³-hybridized carbons (Fsp3) is 0.594. The number of phenols is 1. The van der Waals surface area contributed by atoms with E-state index in [1.807, 2.05) is 38.1 Å². The Morgan fingerprint density at radius 3 is 2.17 bits per heavy atom. The predicted molar refractivity (Wildman–Crippen MR) is 147 cm³/mol. The van der Waals surface area contributed by atoms with Gasteiger partial charge in [-0.15, -0.1) is 0 Å². The molecule has 2 aromatic rings. The van der Waals surface area contributed by atoms with Gasteiger partial charge < -0.3 is 14.6 Å². The molecule has 1 N–H and O–H groups in total. The molecule has 0 amide bonds. The van der Waals surface area contributed by atoms with Crippen molar-refractivity contribution < 1.29 is 19.4 Å². The zero-order valence-electron chi connectivity index (χ0n) is 23.0. The summed E-state index contributed by atoms with van der Waals surface area (Å²) < 4.78 is 11.8. The normalized spacial score (nSPS) is 17.2. The van der Waals surface area contributed by atoms with E-state index in [0.717, 1.165) is 38.5 Å². The second-order valence-electron chi connectivity index (χ2n) is 11.2. The lowest BCUT2D eigenvalue weighted by Crippen LogP contribution is -2.41. The Balaban J connectivity index is 1.45. The molecule has 3 atom stereocenters. The van der Waals surface area contributed by atoms with Crippen molar-refractivity contribution in [1.29, 1.82) is 0 Å². The fourth-order valence-electron chi connectivity index (χ4n) is 5.54. The molecule has 0 aliphatic heterocycles. The molecule has 0 saturated heterocycles. The van der Waals surface area contributed by atoms with E-state index in [4.69, 9.17) is 9.47 Å². The average Bonchev–Trinajstić information content (AvgIpc) is 2.88. The van der Waals surface area contributed by atoms with Gasteiger partial charge in [-0.3, -0.25) is 0 Å². The van der Waals surface area contributed by atoms with Gasteiger partial charge in [-0.25, -0.2) is 4.79 Å². The van der Waals surface area contributed by atoms with Crippen LogP contribution in [0.25, 0.3) is 0 Å². The van der Waals surface area contributed by atoms with E-state index in [1.165, 1.54) is 30.4 Å². The van der Waals surface area contributed by atoms with Crippen LogP contribution in [0.15, 0.2) is 48.5 Å². The molecule has 3 unspecified atom stereocenters. The number of benzene rings is 2. The van der Waals surface area contributed by atoms with E-state index in [9.17, 15) is 9.90 Å². The second-order valence-corrected chi connectivity index (χ2v) is 11.2. The summed E-state index contributed by atoms with van der Waals surface area (Å²) in [6.07, 6.45) is 9.87. The Morgan fingerprint density at radius 1 is 0.944 bits per heavy atom. The van der Waals surface area contributed by atoms with E-state index in [1.54, 1.807) is 19.1 Å². The predicted octanol–water partition coefficient (Wildman–Crippen LogP) is 8.53. The molecular weight excluding hydrogens is 448 g/mol. The number of rotatable bonds is 12. The van der Waals surface area contributed by atoms with Crippen LogP contribution in [0.2, 0.25) is 0 Å². The van der Waals surface area contributed by atoms with E-state index >= 15 is 0 Å². The van der Waals surface area contributed by atoms with Crippen LogP contribution in [-0.4, -0.2) is 22.8 Å². The number of phenolic OH excluding ortho intramolecular Hbond substituents is 1. The summed E-state index contributed by atoms with van der Waals surface area (Å²) in [6, 6.07) is 15.8. The maximum atomic E-state index is 12.7. The molecule has 0 bridgehead atoms.